The Labute approximate surface area is 220 Å². The Morgan fingerprint density at radius 2 is 1.68 bits per heavy atom. The second kappa shape index (κ2) is 12.7. The van der Waals surface area contributed by atoms with E-state index in [1.807, 2.05) is 62.2 Å². The number of methoxy groups -OCH3 is 2. The number of hydrogen-bond donors (Lipinski definition) is 1. The van der Waals surface area contributed by atoms with Crippen molar-refractivity contribution in [2.45, 2.75) is 53.5 Å². The summed E-state index contributed by atoms with van der Waals surface area (Å²) < 4.78 is 10.9. The molecule has 7 nitrogen and oxygen atoms in total. The molecular weight excluding hydrogens is 466 g/mol. The molecule has 0 aliphatic heterocycles. The van der Waals surface area contributed by atoms with Crippen LogP contribution in [-0.2, 0) is 22.6 Å². The van der Waals surface area contributed by atoms with E-state index in [0.717, 1.165) is 34.9 Å². The second-order valence-corrected chi connectivity index (χ2v) is 10.4. The maximum Gasteiger partial charge on any atom is 0.242 e. The molecule has 0 aliphatic rings. The Morgan fingerprint density at radius 3 is 2.35 bits per heavy atom. The van der Waals surface area contributed by atoms with E-state index in [-0.39, 0.29) is 18.4 Å². The number of carbonyl (C=O) groups excluding carboxylic acids is 2. The third-order valence-corrected chi connectivity index (χ3v) is 6.54. The standard InChI is InChI=1S/C30H41N3O4/c1-7-8-16-33(29(35)30(2,3)4)21-28(34)32(20-22-13-14-26(36-5)27(18-22)37-6)17-15-23-19-31-25-12-10-9-11-24(23)25/h9-14,18-19,31H,7-8,15-17,20-21H2,1-6H3. The number of benzene rings is 2. The van der Waals surface area contributed by atoms with Crippen molar-refractivity contribution in [1.82, 2.24) is 14.8 Å². The molecule has 2 amide bonds. The van der Waals surface area contributed by atoms with Crippen molar-refractivity contribution in [2.75, 3.05) is 33.9 Å². The van der Waals surface area contributed by atoms with E-state index in [4.69, 9.17) is 9.47 Å². The minimum atomic E-state index is -0.549. The van der Waals surface area contributed by atoms with Gasteiger partial charge in [-0.15, -0.1) is 0 Å². The predicted octanol–water partition coefficient (Wildman–Crippen LogP) is 5.43. The summed E-state index contributed by atoms with van der Waals surface area (Å²) in [5.74, 6) is 1.20. The number of aromatic amines is 1. The average Bonchev–Trinajstić information content (AvgIpc) is 3.30. The molecule has 200 valence electrons. The third-order valence-electron chi connectivity index (χ3n) is 6.54. The van der Waals surface area contributed by atoms with Gasteiger partial charge in [-0.3, -0.25) is 9.59 Å². The molecule has 0 bridgehead atoms. The zero-order valence-corrected chi connectivity index (χ0v) is 23.1. The molecule has 0 atom stereocenters. The van der Waals surface area contributed by atoms with E-state index >= 15 is 0 Å². The molecule has 1 N–H and O–H groups in total. The molecule has 0 saturated carbocycles. The lowest BCUT2D eigenvalue weighted by molar-refractivity contribution is -0.145. The van der Waals surface area contributed by atoms with E-state index in [9.17, 15) is 9.59 Å². The molecular formula is C30H41N3O4. The first-order valence-electron chi connectivity index (χ1n) is 13.0. The lowest BCUT2D eigenvalue weighted by Crippen LogP contribution is -2.47. The van der Waals surface area contributed by atoms with Gasteiger partial charge in [0.2, 0.25) is 11.8 Å². The highest BCUT2D eigenvalue weighted by molar-refractivity contribution is 5.87. The summed E-state index contributed by atoms with van der Waals surface area (Å²) in [4.78, 5) is 33.8. The number of fused-ring (bicyclic) bond motifs is 1. The Morgan fingerprint density at radius 1 is 0.946 bits per heavy atom. The largest absolute Gasteiger partial charge is 0.493 e. The normalized spacial score (nSPS) is 11.4. The summed E-state index contributed by atoms with van der Waals surface area (Å²) in [6, 6.07) is 13.9. The highest BCUT2D eigenvalue weighted by atomic mass is 16.5. The summed E-state index contributed by atoms with van der Waals surface area (Å²) >= 11 is 0. The topological polar surface area (TPSA) is 74.9 Å². The Hall–Kier alpha value is -3.48. The summed E-state index contributed by atoms with van der Waals surface area (Å²) in [6.07, 6.45) is 4.53. The number of ether oxygens (including phenoxy) is 2. The van der Waals surface area contributed by atoms with Crippen LogP contribution < -0.4 is 9.47 Å². The van der Waals surface area contributed by atoms with Gasteiger partial charge in [-0.2, -0.15) is 0 Å². The molecule has 0 fully saturated rings. The number of amides is 2. The Kier molecular flexibility index (Phi) is 9.61. The zero-order valence-electron chi connectivity index (χ0n) is 23.1. The van der Waals surface area contributed by atoms with Crippen LogP contribution in [0.15, 0.2) is 48.7 Å². The fourth-order valence-electron chi connectivity index (χ4n) is 4.42. The second-order valence-electron chi connectivity index (χ2n) is 10.4. The van der Waals surface area contributed by atoms with Gasteiger partial charge in [-0.1, -0.05) is 58.4 Å². The molecule has 2 aromatic carbocycles. The summed E-state index contributed by atoms with van der Waals surface area (Å²) in [7, 11) is 3.21. The number of hydrogen-bond acceptors (Lipinski definition) is 4. The van der Waals surface area contributed by atoms with Gasteiger partial charge < -0.3 is 24.3 Å². The molecule has 0 saturated heterocycles. The van der Waals surface area contributed by atoms with E-state index < -0.39 is 5.41 Å². The van der Waals surface area contributed by atoms with Crippen molar-refractivity contribution in [2.24, 2.45) is 5.41 Å². The van der Waals surface area contributed by atoms with Gasteiger partial charge in [0.05, 0.1) is 20.8 Å². The van der Waals surface area contributed by atoms with Crippen LogP contribution in [0.3, 0.4) is 0 Å². The van der Waals surface area contributed by atoms with Crippen molar-refractivity contribution in [3.05, 3.63) is 59.8 Å². The van der Waals surface area contributed by atoms with Crippen LogP contribution in [0, 0.1) is 5.41 Å². The average molecular weight is 508 g/mol. The smallest absolute Gasteiger partial charge is 0.242 e. The van der Waals surface area contributed by atoms with E-state index in [1.165, 1.54) is 0 Å². The van der Waals surface area contributed by atoms with Crippen LogP contribution in [0.4, 0.5) is 0 Å². The number of unbranched alkanes of at least 4 members (excludes halogenated alkanes) is 1. The summed E-state index contributed by atoms with van der Waals surface area (Å²) in [5, 5.41) is 1.16. The zero-order chi connectivity index (χ0) is 27.0. The van der Waals surface area contributed by atoms with Crippen molar-refractivity contribution in [3.8, 4) is 11.5 Å². The number of rotatable bonds is 12. The molecule has 37 heavy (non-hydrogen) atoms. The first-order chi connectivity index (χ1) is 17.7. The van der Waals surface area contributed by atoms with E-state index in [1.54, 1.807) is 19.1 Å². The quantitative estimate of drug-likeness (QED) is 0.355. The third kappa shape index (κ3) is 7.28. The first-order valence-corrected chi connectivity index (χ1v) is 13.0. The van der Waals surface area contributed by atoms with Crippen LogP contribution in [-0.4, -0.2) is 60.5 Å². The van der Waals surface area contributed by atoms with Crippen LogP contribution in [0.5, 0.6) is 11.5 Å². The van der Waals surface area contributed by atoms with Gasteiger partial charge in [0.25, 0.3) is 0 Å². The van der Waals surface area contributed by atoms with Gasteiger partial charge in [-0.25, -0.2) is 0 Å². The van der Waals surface area contributed by atoms with Gasteiger partial charge in [0.15, 0.2) is 11.5 Å². The van der Waals surface area contributed by atoms with Crippen LogP contribution in [0.25, 0.3) is 10.9 Å². The monoisotopic (exact) mass is 507 g/mol. The lowest BCUT2D eigenvalue weighted by atomic mass is 9.94. The van der Waals surface area contributed by atoms with Crippen LogP contribution in [0.2, 0.25) is 0 Å². The molecule has 1 heterocycles. The van der Waals surface area contributed by atoms with Gasteiger partial charge in [-0.05, 0) is 42.2 Å². The molecule has 1 aromatic heterocycles. The molecule has 3 rings (SSSR count). The highest BCUT2D eigenvalue weighted by Gasteiger charge is 2.29. The number of H-pyrrole nitrogens is 1. The minimum Gasteiger partial charge on any atom is -0.493 e. The maximum atomic E-state index is 13.7. The summed E-state index contributed by atoms with van der Waals surface area (Å²) in [5.41, 5.74) is 2.63. The van der Waals surface area contributed by atoms with Crippen molar-refractivity contribution in [1.29, 1.82) is 0 Å². The highest BCUT2D eigenvalue weighted by Crippen LogP contribution is 2.28. The lowest BCUT2D eigenvalue weighted by Gasteiger charge is -2.32. The number of aromatic nitrogens is 1. The molecule has 0 unspecified atom stereocenters. The Balaban J connectivity index is 1.85. The first kappa shape index (κ1) is 28.1. The van der Waals surface area contributed by atoms with Gasteiger partial charge in [0.1, 0.15) is 0 Å². The maximum absolute atomic E-state index is 13.7. The Bertz CT molecular complexity index is 1190. The van der Waals surface area contributed by atoms with Crippen molar-refractivity contribution >= 4 is 22.7 Å². The fourth-order valence-corrected chi connectivity index (χ4v) is 4.42. The van der Waals surface area contributed by atoms with Crippen LogP contribution in [0.1, 0.15) is 51.7 Å². The molecule has 0 aliphatic carbocycles. The summed E-state index contributed by atoms with van der Waals surface area (Å²) in [6.45, 7) is 9.37. The number of nitrogens with zero attached hydrogens (tertiary/aromatic N) is 2. The van der Waals surface area contributed by atoms with E-state index in [0.29, 0.717) is 37.6 Å². The molecule has 7 heteroatoms. The van der Waals surface area contributed by atoms with Gasteiger partial charge >= 0.3 is 0 Å². The van der Waals surface area contributed by atoms with Gasteiger partial charge in [0, 0.05) is 42.1 Å². The molecule has 0 radical (unpaired) electrons. The molecule has 0 spiro atoms. The predicted molar refractivity (Wildman–Crippen MR) is 148 cm³/mol. The van der Waals surface area contributed by atoms with Crippen molar-refractivity contribution in [3.63, 3.8) is 0 Å². The number of para-hydroxylation sites is 1. The van der Waals surface area contributed by atoms with Crippen LogP contribution >= 0.6 is 0 Å². The number of nitrogens with one attached hydrogen (secondary N) is 1. The minimum absolute atomic E-state index is 0.00278. The fraction of sp³-hybridized carbons (Fsp3) is 0.467. The van der Waals surface area contributed by atoms with Crippen molar-refractivity contribution < 1.29 is 19.1 Å². The SMILES string of the molecule is CCCCN(CC(=O)N(CCc1c[nH]c2ccccc12)Cc1ccc(OC)c(OC)c1)C(=O)C(C)(C)C. The molecule has 3 aromatic rings. The number of carbonyl (C=O) groups is 2. The van der Waals surface area contributed by atoms with E-state index in [2.05, 4.69) is 24.0 Å².